The maximum absolute atomic E-state index is 12.7. The van der Waals surface area contributed by atoms with Gasteiger partial charge in [-0.25, -0.2) is 0 Å². The van der Waals surface area contributed by atoms with Gasteiger partial charge >= 0.3 is 6.18 Å². The first-order chi connectivity index (χ1) is 9.24. The number of hydrogen-bond acceptors (Lipinski definition) is 2. The van der Waals surface area contributed by atoms with E-state index in [-0.39, 0.29) is 19.0 Å². The Morgan fingerprint density at radius 2 is 1.75 bits per heavy atom. The molecule has 1 amide bonds. The van der Waals surface area contributed by atoms with Gasteiger partial charge in [0.15, 0.2) is 5.60 Å². The predicted molar refractivity (Wildman–Crippen MR) is 66.0 cm³/mol. The number of halogens is 3. The lowest BCUT2D eigenvalue weighted by molar-refractivity contribution is -0.272. The molecular formula is C13H17F3N2O2. The molecule has 4 nitrogen and oxygen atoms in total. The molecule has 1 aliphatic heterocycles. The van der Waals surface area contributed by atoms with Crippen molar-refractivity contribution in [3.8, 4) is 0 Å². The maximum Gasteiger partial charge on any atom is 0.417 e. The molecular weight excluding hydrogens is 273 g/mol. The molecule has 0 aromatic carbocycles. The summed E-state index contributed by atoms with van der Waals surface area (Å²) in [5.74, 6) is -0.231. The summed E-state index contributed by atoms with van der Waals surface area (Å²) in [6.07, 6.45) is -2.12. The third-order valence-electron chi connectivity index (χ3n) is 3.86. The number of carbonyl (C=O) groups excluding carboxylic acids is 1. The molecule has 1 saturated heterocycles. The zero-order valence-electron chi connectivity index (χ0n) is 11.1. The minimum Gasteiger partial charge on any atom is -0.380 e. The third kappa shape index (κ3) is 2.67. The minimum absolute atomic E-state index is 0.0829. The first-order valence-electron chi connectivity index (χ1n) is 6.45. The molecule has 0 aliphatic carbocycles. The van der Waals surface area contributed by atoms with Gasteiger partial charge in [0.1, 0.15) is 6.04 Å². The van der Waals surface area contributed by atoms with E-state index in [9.17, 15) is 23.1 Å². The maximum atomic E-state index is 12.7. The quantitative estimate of drug-likeness (QED) is 0.905. The largest absolute Gasteiger partial charge is 0.417 e. The summed E-state index contributed by atoms with van der Waals surface area (Å²) in [4.78, 5) is 13.6. The molecule has 2 heterocycles. The summed E-state index contributed by atoms with van der Waals surface area (Å²) in [7, 11) is 0. The summed E-state index contributed by atoms with van der Waals surface area (Å²) in [6.45, 7) is 1.54. The summed E-state index contributed by atoms with van der Waals surface area (Å²) in [5.41, 5.74) is -2.67. The molecule has 0 saturated carbocycles. The van der Waals surface area contributed by atoms with E-state index in [1.54, 1.807) is 36.0 Å². The topological polar surface area (TPSA) is 45.5 Å². The summed E-state index contributed by atoms with van der Waals surface area (Å²) >= 11 is 0. The molecule has 1 fully saturated rings. The molecule has 2 rings (SSSR count). The fourth-order valence-electron chi connectivity index (χ4n) is 2.38. The molecule has 0 radical (unpaired) electrons. The number of aliphatic hydroxyl groups is 1. The first kappa shape index (κ1) is 14.9. The molecule has 20 heavy (non-hydrogen) atoms. The summed E-state index contributed by atoms with van der Waals surface area (Å²) in [6, 6.07) is 3.10. The van der Waals surface area contributed by atoms with Crippen molar-refractivity contribution in [2.45, 2.75) is 37.6 Å². The van der Waals surface area contributed by atoms with Crippen molar-refractivity contribution in [1.82, 2.24) is 9.47 Å². The monoisotopic (exact) mass is 290 g/mol. The Kier molecular flexibility index (Phi) is 3.82. The molecule has 1 atom stereocenters. The lowest BCUT2D eigenvalue weighted by atomic mass is 9.90. The average Bonchev–Trinajstić information content (AvgIpc) is 2.90. The molecule has 1 N–H and O–H groups in total. The number of carbonyl (C=O) groups is 1. The van der Waals surface area contributed by atoms with Gasteiger partial charge in [-0.1, -0.05) is 0 Å². The Bertz CT molecular complexity index is 462. The van der Waals surface area contributed by atoms with Gasteiger partial charge < -0.3 is 14.6 Å². The Labute approximate surface area is 114 Å². The molecule has 1 aromatic rings. The molecule has 1 aliphatic rings. The minimum atomic E-state index is -4.64. The second-order valence-corrected chi connectivity index (χ2v) is 5.16. The van der Waals surface area contributed by atoms with Crippen LogP contribution in [0.2, 0.25) is 0 Å². The predicted octanol–water partition coefficient (Wildman–Crippen LogP) is 1.96. The molecule has 0 bridgehead atoms. The second-order valence-electron chi connectivity index (χ2n) is 5.16. The van der Waals surface area contributed by atoms with E-state index in [4.69, 9.17) is 0 Å². The van der Waals surface area contributed by atoms with Crippen LogP contribution in [0.3, 0.4) is 0 Å². The van der Waals surface area contributed by atoms with Crippen molar-refractivity contribution < 1.29 is 23.1 Å². The number of amides is 1. The molecule has 1 unspecified atom stereocenters. The van der Waals surface area contributed by atoms with Crippen molar-refractivity contribution in [1.29, 1.82) is 0 Å². The van der Waals surface area contributed by atoms with Crippen LogP contribution >= 0.6 is 0 Å². The number of piperidine rings is 1. The van der Waals surface area contributed by atoms with E-state index in [0.29, 0.717) is 0 Å². The van der Waals surface area contributed by atoms with Crippen LogP contribution in [0.1, 0.15) is 25.8 Å². The number of aromatic nitrogens is 1. The fourth-order valence-corrected chi connectivity index (χ4v) is 2.38. The van der Waals surface area contributed by atoms with Gasteiger partial charge in [0, 0.05) is 38.3 Å². The van der Waals surface area contributed by atoms with Gasteiger partial charge in [-0.15, -0.1) is 0 Å². The van der Waals surface area contributed by atoms with Crippen LogP contribution < -0.4 is 0 Å². The van der Waals surface area contributed by atoms with E-state index in [0.717, 1.165) is 0 Å². The molecule has 1 aromatic heterocycles. The molecule has 112 valence electrons. The standard InChI is InChI=1S/C13H17F3N2O2/c1-10(17-6-2-3-7-17)11(19)18-8-4-12(20,5-9-18)13(14,15)16/h2-3,6-7,10,20H,4-5,8-9H2,1H3. The van der Waals surface area contributed by atoms with Gasteiger partial charge in [0.2, 0.25) is 5.91 Å². The van der Waals surface area contributed by atoms with Gasteiger partial charge in [0.05, 0.1) is 0 Å². The highest BCUT2D eigenvalue weighted by Crippen LogP contribution is 2.38. The lowest BCUT2D eigenvalue weighted by Crippen LogP contribution is -2.55. The fraction of sp³-hybridized carbons (Fsp3) is 0.615. The van der Waals surface area contributed by atoms with Gasteiger partial charge in [-0.2, -0.15) is 13.2 Å². The van der Waals surface area contributed by atoms with Gasteiger partial charge in [0.25, 0.3) is 0 Å². The van der Waals surface area contributed by atoms with Crippen LogP contribution in [0.5, 0.6) is 0 Å². The normalized spacial score (nSPS) is 20.8. The van der Waals surface area contributed by atoms with Crippen LogP contribution in [-0.4, -0.2) is 45.3 Å². The zero-order valence-corrected chi connectivity index (χ0v) is 11.1. The Morgan fingerprint density at radius 1 is 1.25 bits per heavy atom. The van der Waals surface area contributed by atoms with Crippen LogP contribution in [0.25, 0.3) is 0 Å². The van der Waals surface area contributed by atoms with E-state index in [1.807, 2.05) is 0 Å². The van der Waals surface area contributed by atoms with E-state index in [1.165, 1.54) is 4.90 Å². The number of hydrogen-bond donors (Lipinski definition) is 1. The third-order valence-corrected chi connectivity index (χ3v) is 3.86. The van der Waals surface area contributed by atoms with Crippen molar-refractivity contribution in [2.75, 3.05) is 13.1 Å². The van der Waals surface area contributed by atoms with Gasteiger partial charge in [-0.3, -0.25) is 4.79 Å². The SMILES string of the molecule is CC(C(=O)N1CCC(O)(C(F)(F)F)CC1)n1cccc1. The van der Waals surface area contributed by atoms with Crippen molar-refractivity contribution in [3.05, 3.63) is 24.5 Å². The highest BCUT2D eigenvalue weighted by atomic mass is 19.4. The number of likely N-dealkylation sites (tertiary alicyclic amines) is 1. The highest BCUT2D eigenvalue weighted by Gasteiger charge is 2.55. The second kappa shape index (κ2) is 5.12. The van der Waals surface area contributed by atoms with Crippen LogP contribution in [0.15, 0.2) is 24.5 Å². The lowest BCUT2D eigenvalue weighted by Gasteiger charge is -2.39. The van der Waals surface area contributed by atoms with E-state index < -0.39 is 30.7 Å². The Balaban J connectivity index is 1.99. The number of rotatable bonds is 2. The summed E-state index contributed by atoms with van der Waals surface area (Å²) < 4.78 is 39.7. The van der Waals surface area contributed by atoms with Crippen molar-refractivity contribution in [2.24, 2.45) is 0 Å². The first-order valence-corrected chi connectivity index (χ1v) is 6.45. The van der Waals surface area contributed by atoms with E-state index in [2.05, 4.69) is 0 Å². The Hall–Kier alpha value is -1.50. The van der Waals surface area contributed by atoms with Crippen molar-refractivity contribution >= 4 is 5.91 Å². The van der Waals surface area contributed by atoms with Crippen LogP contribution in [0.4, 0.5) is 13.2 Å². The number of alkyl halides is 3. The average molecular weight is 290 g/mol. The van der Waals surface area contributed by atoms with Crippen LogP contribution in [0, 0.1) is 0 Å². The zero-order chi connectivity index (χ0) is 15.0. The van der Waals surface area contributed by atoms with Crippen molar-refractivity contribution in [3.63, 3.8) is 0 Å². The smallest absolute Gasteiger partial charge is 0.380 e. The van der Waals surface area contributed by atoms with E-state index >= 15 is 0 Å². The molecule has 0 spiro atoms. The summed E-state index contributed by atoms with van der Waals surface area (Å²) in [5, 5.41) is 9.56. The number of nitrogens with zero attached hydrogens (tertiary/aromatic N) is 2. The molecule has 7 heteroatoms. The van der Waals surface area contributed by atoms with Gasteiger partial charge in [-0.05, 0) is 19.1 Å². The van der Waals surface area contributed by atoms with Crippen LogP contribution in [-0.2, 0) is 4.79 Å². The highest BCUT2D eigenvalue weighted by molar-refractivity contribution is 5.80. The Morgan fingerprint density at radius 3 is 2.20 bits per heavy atom.